The van der Waals surface area contributed by atoms with E-state index in [1.54, 1.807) is 11.0 Å². The lowest BCUT2D eigenvalue weighted by molar-refractivity contribution is -0.886. The Morgan fingerprint density at radius 3 is 2.59 bits per heavy atom. The second-order valence-electron chi connectivity index (χ2n) is 7.67. The first kappa shape index (κ1) is 21.0. The molecule has 0 bridgehead atoms. The molecule has 0 spiro atoms. The summed E-state index contributed by atoms with van der Waals surface area (Å²) in [7, 11) is 0. The lowest BCUT2D eigenvalue weighted by atomic mass is 10.1. The Bertz CT molecular complexity index is 768. The minimum atomic E-state index is -0.275. The molecular formula is C22H31N4O3+. The summed E-state index contributed by atoms with van der Waals surface area (Å²) in [5, 5.41) is 6.37. The van der Waals surface area contributed by atoms with Gasteiger partial charge in [0.25, 0.3) is 5.91 Å². The van der Waals surface area contributed by atoms with E-state index in [4.69, 9.17) is 4.52 Å². The molecule has 2 aromatic rings. The van der Waals surface area contributed by atoms with Crippen LogP contribution in [0.25, 0.3) is 0 Å². The Balaban J connectivity index is 1.64. The third-order valence-corrected chi connectivity index (χ3v) is 5.39. The highest BCUT2D eigenvalue weighted by molar-refractivity contribution is 5.99. The summed E-state index contributed by atoms with van der Waals surface area (Å²) >= 11 is 0. The van der Waals surface area contributed by atoms with E-state index in [9.17, 15) is 9.59 Å². The number of anilines is 1. The van der Waals surface area contributed by atoms with Gasteiger partial charge in [0, 0.05) is 24.5 Å². The first-order valence-electron chi connectivity index (χ1n) is 10.6. The quantitative estimate of drug-likeness (QED) is 0.638. The van der Waals surface area contributed by atoms with Crippen molar-refractivity contribution in [3.05, 3.63) is 47.7 Å². The van der Waals surface area contributed by atoms with Gasteiger partial charge in [0.1, 0.15) is 12.8 Å². The Morgan fingerprint density at radius 1 is 1.17 bits per heavy atom. The van der Waals surface area contributed by atoms with Gasteiger partial charge in [-0.25, -0.2) is 0 Å². The van der Waals surface area contributed by atoms with Crippen molar-refractivity contribution in [2.45, 2.75) is 39.0 Å². The number of rotatable bonds is 10. The van der Waals surface area contributed by atoms with Gasteiger partial charge in [0.05, 0.1) is 26.2 Å². The van der Waals surface area contributed by atoms with Gasteiger partial charge in [-0.1, -0.05) is 30.6 Å². The Morgan fingerprint density at radius 2 is 1.93 bits per heavy atom. The van der Waals surface area contributed by atoms with Crippen LogP contribution in [0, 0.1) is 0 Å². The molecule has 1 fully saturated rings. The lowest BCUT2D eigenvalue weighted by Gasteiger charge is -2.23. The van der Waals surface area contributed by atoms with Crippen LogP contribution in [-0.4, -0.2) is 54.6 Å². The molecule has 1 saturated heterocycles. The van der Waals surface area contributed by atoms with Gasteiger partial charge in [-0.2, -0.15) is 0 Å². The molecule has 2 N–H and O–H groups in total. The van der Waals surface area contributed by atoms with E-state index in [1.165, 1.54) is 29.6 Å². The molecular weight excluding hydrogens is 368 g/mol. The summed E-state index contributed by atoms with van der Waals surface area (Å²) in [6.45, 7) is 5.85. The Kier molecular flexibility index (Phi) is 7.81. The van der Waals surface area contributed by atoms with Crippen LogP contribution in [0.3, 0.4) is 0 Å². The number of hydrogen-bond acceptors (Lipinski definition) is 4. The molecule has 0 aliphatic carbocycles. The molecule has 1 aromatic carbocycles. The van der Waals surface area contributed by atoms with Crippen molar-refractivity contribution < 1.29 is 19.0 Å². The molecule has 1 aliphatic heterocycles. The predicted octanol–water partition coefficient (Wildman–Crippen LogP) is 1.78. The maximum absolute atomic E-state index is 13.1. The summed E-state index contributed by atoms with van der Waals surface area (Å²) < 4.78 is 4.74. The average molecular weight is 400 g/mol. The summed E-state index contributed by atoms with van der Waals surface area (Å²) in [6, 6.07) is 9.36. The minimum absolute atomic E-state index is 0.00341. The highest BCUT2D eigenvalue weighted by atomic mass is 16.5. The molecule has 7 heteroatoms. The molecule has 0 atom stereocenters. The average Bonchev–Trinajstić information content (AvgIpc) is 3.43. The van der Waals surface area contributed by atoms with Crippen LogP contribution in [0.5, 0.6) is 0 Å². The normalized spacial score (nSPS) is 14.1. The third kappa shape index (κ3) is 6.42. The van der Waals surface area contributed by atoms with Crippen molar-refractivity contribution in [1.29, 1.82) is 0 Å². The minimum Gasteiger partial charge on any atom is -0.363 e. The first-order chi connectivity index (χ1) is 14.2. The number of likely N-dealkylation sites (tertiary alicyclic amines) is 1. The van der Waals surface area contributed by atoms with Crippen LogP contribution >= 0.6 is 0 Å². The van der Waals surface area contributed by atoms with E-state index < -0.39 is 0 Å². The van der Waals surface area contributed by atoms with Crippen molar-refractivity contribution in [2.24, 2.45) is 0 Å². The number of carbonyl (C=O) groups excluding carboxylic acids is 2. The van der Waals surface area contributed by atoms with E-state index in [0.717, 1.165) is 38.9 Å². The molecule has 2 amide bonds. The van der Waals surface area contributed by atoms with E-state index >= 15 is 0 Å². The second kappa shape index (κ2) is 10.8. The van der Waals surface area contributed by atoms with Crippen molar-refractivity contribution in [1.82, 2.24) is 10.1 Å². The fraction of sp³-hybridized carbons (Fsp3) is 0.500. The molecule has 7 nitrogen and oxygen atoms in total. The van der Waals surface area contributed by atoms with Crippen LogP contribution < -0.4 is 10.2 Å². The summed E-state index contributed by atoms with van der Waals surface area (Å²) in [4.78, 5) is 28.7. The van der Waals surface area contributed by atoms with Crippen molar-refractivity contribution in [2.75, 3.05) is 38.0 Å². The fourth-order valence-corrected chi connectivity index (χ4v) is 3.68. The van der Waals surface area contributed by atoms with Crippen LogP contribution in [0.1, 0.15) is 48.5 Å². The molecule has 1 aromatic heterocycles. The van der Waals surface area contributed by atoms with Crippen molar-refractivity contribution in [3.8, 4) is 0 Å². The number of nitrogens with zero attached hydrogens (tertiary/aromatic N) is 2. The second-order valence-corrected chi connectivity index (χ2v) is 7.67. The molecule has 0 saturated carbocycles. The predicted molar refractivity (Wildman–Crippen MR) is 111 cm³/mol. The van der Waals surface area contributed by atoms with Crippen LogP contribution in [0.2, 0.25) is 0 Å². The molecule has 0 radical (unpaired) electrons. The van der Waals surface area contributed by atoms with E-state index in [1.807, 2.05) is 24.3 Å². The number of unbranched alkanes of at least 4 members (excludes halogenated alkanes) is 1. The number of hydrogen-bond donors (Lipinski definition) is 2. The van der Waals surface area contributed by atoms with Gasteiger partial charge in [0.15, 0.2) is 5.82 Å². The van der Waals surface area contributed by atoms with Crippen molar-refractivity contribution in [3.63, 3.8) is 0 Å². The number of quaternary nitrogens is 1. The highest BCUT2D eigenvalue weighted by Gasteiger charge is 2.23. The van der Waals surface area contributed by atoms with Gasteiger partial charge in [0.2, 0.25) is 5.91 Å². The number of carbonyl (C=O) groups is 2. The van der Waals surface area contributed by atoms with Crippen LogP contribution in [0.4, 0.5) is 5.82 Å². The number of amides is 2. The van der Waals surface area contributed by atoms with Gasteiger partial charge in [-0.3, -0.25) is 9.59 Å². The smallest absolute Gasteiger partial charge is 0.254 e. The molecule has 3 rings (SSSR count). The van der Waals surface area contributed by atoms with E-state index in [0.29, 0.717) is 17.9 Å². The summed E-state index contributed by atoms with van der Waals surface area (Å²) in [5.74, 6) is -0.0305. The first-order valence-corrected chi connectivity index (χ1v) is 10.6. The number of aromatic nitrogens is 1. The fourth-order valence-electron chi connectivity index (χ4n) is 3.68. The molecule has 1 aliphatic rings. The van der Waals surface area contributed by atoms with E-state index in [2.05, 4.69) is 17.4 Å². The maximum Gasteiger partial charge on any atom is 0.254 e. The summed E-state index contributed by atoms with van der Waals surface area (Å²) in [6.07, 6.45) is 7.17. The SMILES string of the molecule is CCCCc1ccc(C(=O)N(CC[NH+]2CCCC2)CC(=O)Nc2ccon2)cc1. The molecule has 156 valence electrons. The van der Waals surface area contributed by atoms with Gasteiger partial charge < -0.3 is 19.6 Å². The molecule has 29 heavy (non-hydrogen) atoms. The number of nitrogens with one attached hydrogen (secondary N) is 2. The van der Waals surface area contributed by atoms with Gasteiger partial charge in [-0.15, -0.1) is 0 Å². The topological polar surface area (TPSA) is 79.9 Å². The highest BCUT2D eigenvalue weighted by Crippen LogP contribution is 2.11. The van der Waals surface area contributed by atoms with Crippen LogP contribution in [-0.2, 0) is 11.2 Å². The zero-order valence-electron chi connectivity index (χ0n) is 17.2. The Labute approximate surface area is 172 Å². The standard InChI is InChI=1S/C22H30N4O3/c1-2-3-6-18-7-9-19(10-8-18)22(28)26(15-14-25-12-4-5-13-25)17-21(27)23-20-11-16-29-24-20/h7-11,16H,2-6,12-15,17H2,1H3,(H,23,24,27)/p+1. The van der Waals surface area contributed by atoms with Crippen molar-refractivity contribution >= 4 is 17.6 Å². The third-order valence-electron chi connectivity index (χ3n) is 5.39. The number of benzene rings is 1. The van der Waals surface area contributed by atoms with Crippen LogP contribution in [0.15, 0.2) is 41.1 Å². The molecule has 2 heterocycles. The monoisotopic (exact) mass is 399 g/mol. The maximum atomic E-state index is 13.1. The lowest BCUT2D eigenvalue weighted by Crippen LogP contribution is -3.10. The van der Waals surface area contributed by atoms with Gasteiger partial charge in [-0.05, 0) is 30.5 Å². The van der Waals surface area contributed by atoms with E-state index in [-0.39, 0.29) is 18.4 Å². The largest absolute Gasteiger partial charge is 0.363 e. The number of aryl methyl sites for hydroxylation is 1. The zero-order chi connectivity index (χ0) is 20.5. The molecule has 0 unspecified atom stereocenters. The van der Waals surface area contributed by atoms with Gasteiger partial charge >= 0.3 is 0 Å². The Hall–Kier alpha value is -2.67. The zero-order valence-corrected chi connectivity index (χ0v) is 17.2. The summed E-state index contributed by atoms with van der Waals surface area (Å²) in [5.41, 5.74) is 1.86.